The van der Waals surface area contributed by atoms with Gasteiger partial charge in [-0.1, -0.05) is 23.7 Å². The Hall–Kier alpha value is -1.92. The van der Waals surface area contributed by atoms with Gasteiger partial charge >= 0.3 is 11.8 Å². The summed E-state index contributed by atoms with van der Waals surface area (Å²) in [7, 11) is 0. The van der Waals surface area contributed by atoms with E-state index in [1.54, 1.807) is 24.3 Å². The lowest BCUT2D eigenvalue weighted by Gasteiger charge is -2.21. The van der Waals surface area contributed by atoms with E-state index in [1.807, 2.05) is 0 Å². The maximum absolute atomic E-state index is 11.9. The number of amides is 3. The average molecular weight is 324 g/mol. The van der Waals surface area contributed by atoms with Gasteiger partial charge in [-0.05, 0) is 43.6 Å². The van der Waals surface area contributed by atoms with Gasteiger partial charge in [0.05, 0.1) is 0 Å². The van der Waals surface area contributed by atoms with Gasteiger partial charge in [-0.25, -0.2) is 0 Å². The van der Waals surface area contributed by atoms with Crippen LogP contribution in [0.15, 0.2) is 24.3 Å². The van der Waals surface area contributed by atoms with E-state index in [-0.39, 0.29) is 18.4 Å². The van der Waals surface area contributed by atoms with Crippen LogP contribution in [0.1, 0.15) is 18.4 Å². The maximum atomic E-state index is 11.9. The minimum absolute atomic E-state index is 0.199. The van der Waals surface area contributed by atoms with Gasteiger partial charge in [0.2, 0.25) is 5.91 Å². The first-order chi connectivity index (χ1) is 10.6. The lowest BCUT2D eigenvalue weighted by molar-refractivity contribution is -0.143. The maximum Gasteiger partial charge on any atom is 0.315 e. The second kappa shape index (κ2) is 7.91. The molecule has 0 spiro atoms. The van der Waals surface area contributed by atoms with Crippen molar-refractivity contribution >= 4 is 29.3 Å². The number of carbonyl (C=O) groups excluding carboxylic acids is 3. The molecule has 1 saturated heterocycles. The van der Waals surface area contributed by atoms with Crippen LogP contribution in [0.3, 0.4) is 0 Å². The van der Waals surface area contributed by atoms with Gasteiger partial charge in [0.15, 0.2) is 0 Å². The Morgan fingerprint density at radius 2 is 1.73 bits per heavy atom. The van der Waals surface area contributed by atoms with E-state index < -0.39 is 11.8 Å². The van der Waals surface area contributed by atoms with Crippen LogP contribution >= 0.6 is 11.6 Å². The second-order valence-electron chi connectivity index (χ2n) is 5.15. The minimum Gasteiger partial charge on any atom is -0.344 e. The molecule has 0 radical (unpaired) electrons. The Morgan fingerprint density at radius 3 is 2.36 bits per heavy atom. The molecule has 0 aromatic heterocycles. The standard InChI is InChI=1S/C15H18ClN3O3/c16-12-3-1-10(2-4-12)9-18-14(21)15(22)19-13(20)11-5-7-17-8-6-11/h1-4,11,17H,5-9H2,(H,18,21)(H,19,20,22). The van der Waals surface area contributed by atoms with Crippen molar-refractivity contribution in [2.75, 3.05) is 13.1 Å². The molecule has 1 heterocycles. The van der Waals surface area contributed by atoms with E-state index in [4.69, 9.17) is 11.6 Å². The summed E-state index contributed by atoms with van der Waals surface area (Å²) in [5.41, 5.74) is 0.815. The first-order valence-corrected chi connectivity index (χ1v) is 7.52. The fourth-order valence-corrected chi connectivity index (χ4v) is 2.35. The molecule has 22 heavy (non-hydrogen) atoms. The fraction of sp³-hybridized carbons (Fsp3) is 0.400. The van der Waals surface area contributed by atoms with Crippen LogP contribution in [-0.4, -0.2) is 30.8 Å². The van der Waals surface area contributed by atoms with Crippen LogP contribution in [0.5, 0.6) is 0 Å². The molecule has 1 aliphatic rings. The summed E-state index contributed by atoms with van der Waals surface area (Å²) >= 11 is 5.76. The van der Waals surface area contributed by atoms with E-state index in [1.165, 1.54) is 0 Å². The van der Waals surface area contributed by atoms with Crippen LogP contribution in [0.4, 0.5) is 0 Å². The van der Waals surface area contributed by atoms with E-state index in [2.05, 4.69) is 16.0 Å². The molecule has 2 rings (SSSR count). The Balaban J connectivity index is 1.77. The summed E-state index contributed by atoms with van der Waals surface area (Å²) in [6.45, 7) is 1.69. The van der Waals surface area contributed by atoms with E-state index in [0.717, 1.165) is 18.7 Å². The zero-order valence-corrected chi connectivity index (χ0v) is 12.8. The highest BCUT2D eigenvalue weighted by Crippen LogP contribution is 2.11. The van der Waals surface area contributed by atoms with E-state index >= 15 is 0 Å². The van der Waals surface area contributed by atoms with Crippen molar-refractivity contribution in [3.8, 4) is 0 Å². The number of carbonyl (C=O) groups is 3. The molecule has 7 heteroatoms. The van der Waals surface area contributed by atoms with Gasteiger partial charge in [0, 0.05) is 17.5 Å². The monoisotopic (exact) mass is 323 g/mol. The van der Waals surface area contributed by atoms with Crippen molar-refractivity contribution in [3.05, 3.63) is 34.9 Å². The molecule has 0 atom stereocenters. The largest absolute Gasteiger partial charge is 0.344 e. The van der Waals surface area contributed by atoms with Crippen LogP contribution in [-0.2, 0) is 20.9 Å². The average Bonchev–Trinajstić information content (AvgIpc) is 2.54. The zero-order chi connectivity index (χ0) is 15.9. The second-order valence-corrected chi connectivity index (χ2v) is 5.59. The van der Waals surface area contributed by atoms with Gasteiger partial charge in [-0.15, -0.1) is 0 Å². The zero-order valence-electron chi connectivity index (χ0n) is 12.0. The first kappa shape index (κ1) is 16.5. The molecule has 3 N–H and O–H groups in total. The normalized spacial score (nSPS) is 15.1. The predicted octanol–water partition coefficient (Wildman–Crippen LogP) is 0.599. The molecule has 0 unspecified atom stereocenters. The van der Waals surface area contributed by atoms with Gasteiger partial charge in [0.1, 0.15) is 0 Å². The molecule has 6 nitrogen and oxygen atoms in total. The van der Waals surface area contributed by atoms with E-state index in [0.29, 0.717) is 17.9 Å². The number of hydrogen-bond acceptors (Lipinski definition) is 4. The van der Waals surface area contributed by atoms with Crippen LogP contribution in [0.25, 0.3) is 0 Å². The molecule has 0 bridgehead atoms. The molecule has 0 aliphatic carbocycles. The minimum atomic E-state index is -0.919. The van der Waals surface area contributed by atoms with Gasteiger partial charge in [-0.2, -0.15) is 0 Å². The van der Waals surface area contributed by atoms with Crippen LogP contribution < -0.4 is 16.0 Å². The summed E-state index contributed by atoms with van der Waals surface area (Å²) in [6.07, 6.45) is 1.34. The number of benzene rings is 1. The summed E-state index contributed by atoms with van der Waals surface area (Å²) in [6, 6.07) is 6.90. The summed E-state index contributed by atoms with van der Waals surface area (Å²) < 4.78 is 0. The number of halogens is 1. The molecular weight excluding hydrogens is 306 g/mol. The molecule has 118 valence electrons. The molecule has 1 aliphatic heterocycles. The SMILES string of the molecule is O=C(NCc1ccc(Cl)cc1)C(=O)NC(=O)C1CCNCC1. The third kappa shape index (κ3) is 4.82. The number of piperidine rings is 1. The summed E-state index contributed by atoms with van der Waals surface area (Å²) in [5.74, 6) is -2.34. The van der Waals surface area contributed by atoms with Gasteiger partial charge in [0.25, 0.3) is 0 Å². The molecular formula is C15H18ClN3O3. The third-order valence-corrected chi connectivity index (χ3v) is 3.77. The van der Waals surface area contributed by atoms with Crippen molar-refractivity contribution in [1.82, 2.24) is 16.0 Å². The first-order valence-electron chi connectivity index (χ1n) is 7.14. The molecule has 3 amide bonds. The van der Waals surface area contributed by atoms with Crippen molar-refractivity contribution in [1.29, 1.82) is 0 Å². The Kier molecular flexibility index (Phi) is 5.91. The lowest BCUT2D eigenvalue weighted by Crippen LogP contribution is -2.46. The molecule has 1 aromatic carbocycles. The van der Waals surface area contributed by atoms with Crippen LogP contribution in [0.2, 0.25) is 5.02 Å². The number of imide groups is 1. The van der Waals surface area contributed by atoms with Crippen molar-refractivity contribution in [2.24, 2.45) is 5.92 Å². The molecule has 1 fully saturated rings. The molecule has 1 aromatic rings. The summed E-state index contributed by atoms with van der Waals surface area (Å²) in [4.78, 5) is 35.2. The Bertz CT molecular complexity index is 554. The van der Waals surface area contributed by atoms with Crippen molar-refractivity contribution < 1.29 is 14.4 Å². The van der Waals surface area contributed by atoms with Gasteiger partial charge in [-0.3, -0.25) is 19.7 Å². The predicted molar refractivity (Wildman–Crippen MR) is 82.0 cm³/mol. The number of rotatable bonds is 3. The quantitative estimate of drug-likeness (QED) is 0.711. The van der Waals surface area contributed by atoms with Crippen molar-refractivity contribution in [3.63, 3.8) is 0 Å². The van der Waals surface area contributed by atoms with Crippen LogP contribution in [0, 0.1) is 5.92 Å². The Labute approximate surface area is 133 Å². The smallest absolute Gasteiger partial charge is 0.315 e. The topological polar surface area (TPSA) is 87.3 Å². The Morgan fingerprint density at radius 1 is 1.09 bits per heavy atom. The molecule has 0 saturated carbocycles. The van der Waals surface area contributed by atoms with E-state index in [9.17, 15) is 14.4 Å². The lowest BCUT2D eigenvalue weighted by atomic mass is 9.97. The highest BCUT2D eigenvalue weighted by atomic mass is 35.5. The number of nitrogens with one attached hydrogen (secondary N) is 3. The highest BCUT2D eigenvalue weighted by molar-refractivity contribution is 6.37. The number of hydrogen-bond donors (Lipinski definition) is 3. The summed E-state index contributed by atoms with van der Waals surface area (Å²) in [5, 5.41) is 8.36. The fourth-order valence-electron chi connectivity index (χ4n) is 2.22. The highest BCUT2D eigenvalue weighted by Gasteiger charge is 2.24. The third-order valence-electron chi connectivity index (χ3n) is 3.52. The van der Waals surface area contributed by atoms with Gasteiger partial charge < -0.3 is 10.6 Å². The van der Waals surface area contributed by atoms with Crippen molar-refractivity contribution in [2.45, 2.75) is 19.4 Å².